The highest BCUT2D eigenvalue weighted by Crippen LogP contribution is 2.30. The minimum absolute atomic E-state index is 0.172. The summed E-state index contributed by atoms with van der Waals surface area (Å²) in [5.41, 5.74) is 2.13. The molecule has 0 aromatic heterocycles. The molecule has 0 heterocycles. The molecule has 0 aliphatic rings. The van der Waals surface area contributed by atoms with Crippen LogP contribution in [0.25, 0.3) is 6.08 Å². The fraction of sp³-hybridized carbons (Fsp3) is 0.0870. The fourth-order valence-corrected chi connectivity index (χ4v) is 4.78. The van der Waals surface area contributed by atoms with Crippen molar-refractivity contribution in [3.63, 3.8) is 0 Å². The van der Waals surface area contributed by atoms with E-state index in [1.165, 1.54) is 30.3 Å². The molecule has 0 bridgehead atoms. The molecule has 3 aromatic carbocycles. The van der Waals surface area contributed by atoms with Crippen molar-refractivity contribution in [3.05, 3.63) is 109 Å². The Morgan fingerprint density at radius 1 is 0.900 bits per heavy atom. The van der Waals surface area contributed by atoms with E-state index in [1.54, 1.807) is 30.3 Å². The average Bonchev–Trinajstić information content (AvgIpc) is 2.70. The Bertz CT molecular complexity index is 1210. The van der Waals surface area contributed by atoms with Gasteiger partial charge in [0, 0.05) is 10.6 Å². The third-order valence-corrected chi connectivity index (χ3v) is 7.18. The zero-order valence-electron chi connectivity index (χ0n) is 15.9. The van der Waals surface area contributed by atoms with E-state index in [9.17, 15) is 13.2 Å². The van der Waals surface area contributed by atoms with Gasteiger partial charge >= 0.3 is 0 Å². The van der Waals surface area contributed by atoms with Crippen LogP contribution in [0.15, 0.2) is 71.6 Å². The molecule has 0 aliphatic carbocycles. The van der Waals surface area contributed by atoms with Crippen LogP contribution >= 0.6 is 34.8 Å². The summed E-state index contributed by atoms with van der Waals surface area (Å²) in [4.78, 5) is 12.8. The quantitative estimate of drug-likeness (QED) is 0.289. The number of aryl methyl sites for hydroxylation is 1. The maximum absolute atomic E-state index is 13.3. The van der Waals surface area contributed by atoms with Crippen LogP contribution in [0.3, 0.4) is 0 Å². The Morgan fingerprint density at radius 2 is 1.53 bits per heavy atom. The number of carbonyl (C=O) groups is 1. The maximum atomic E-state index is 13.3. The van der Waals surface area contributed by atoms with E-state index in [0.717, 1.165) is 5.56 Å². The molecule has 30 heavy (non-hydrogen) atoms. The lowest BCUT2D eigenvalue weighted by molar-refractivity contribution is 0.104. The summed E-state index contributed by atoms with van der Waals surface area (Å²) >= 11 is 18.2. The topological polar surface area (TPSA) is 51.2 Å². The lowest BCUT2D eigenvalue weighted by Crippen LogP contribution is -2.16. The highest BCUT2D eigenvalue weighted by atomic mass is 35.5. The van der Waals surface area contributed by atoms with Gasteiger partial charge in [-0.05, 0) is 54.5 Å². The first-order valence-corrected chi connectivity index (χ1v) is 11.7. The lowest BCUT2D eigenvalue weighted by atomic mass is 10.1. The number of Topliss-reactive ketones (excluding diaryl/α,β-unsaturated/α-hetero) is 1. The van der Waals surface area contributed by atoms with Crippen LogP contribution < -0.4 is 0 Å². The van der Waals surface area contributed by atoms with Gasteiger partial charge < -0.3 is 0 Å². The maximum Gasteiger partial charge on any atom is 0.204 e. The normalized spacial score (nSPS) is 12.1. The van der Waals surface area contributed by atoms with E-state index in [0.29, 0.717) is 16.1 Å². The second-order valence-corrected chi connectivity index (χ2v) is 9.91. The average molecular weight is 480 g/mol. The molecule has 0 unspecified atom stereocenters. The first-order chi connectivity index (χ1) is 14.2. The molecule has 0 radical (unpaired) electrons. The minimum Gasteiger partial charge on any atom is -0.288 e. The summed E-state index contributed by atoms with van der Waals surface area (Å²) in [5.74, 6) is -0.966. The zero-order chi connectivity index (χ0) is 21.9. The molecule has 3 nitrogen and oxygen atoms in total. The van der Waals surface area contributed by atoms with Gasteiger partial charge in [0.25, 0.3) is 0 Å². The monoisotopic (exact) mass is 478 g/mol. The van der Waals surface area contributed by atoms with Crippen LogP contribution in [0, 0.1) is 6.92 Å². The SMILES string of the molecule is Cc1ccc(CS(=O)(=O)/C(=C/c2cccc(Cl)c2Cl)C(=O)c2ccc(Cl)cc2)cc1. The number of benzene rings is 3. The molecule has 154 valence electrons. The molecule has 0 spiro atoms. The zero-order valence-corrected chi connectivity index (χ0v) is 19.0. The van der Waals surface area contributed by atoms with E-state index < -0.39 is 15.6 Å². The molecule has 0 N–H and O–H groups in total. The van der Waals surface area contributed by atoms with Gasteiger partial charge in [-0.25, -0.2) is 8.42 Å². The smallest absolute Gasteiger partial charge is 0.204 e. The van der Waals surface area contributed by atoms with Gasteiger partial charge in [0.15, 0.2) is 9.84 Å². The third kappa shape index (κ3) is 5.32. The molecular weight excluding hydrogens is 463 g/mol. The van der Waals surface area contributed by atoms with Crippen molar-refractivity contribution in [2.24, 2.45) is 0 Å². The van der Waals surface area contributed by atoms with E-state index >= 15 is 0 Å². The first-order valence-electron chi connectivity index (χ1n) is 8.91. The summed E-state index contributed by atoms with van der Waals surface area (Å²) in [7, 11) is -4.00. The molecule has 3 aromatic rings. The predicted octanol–water partition coefficient (Wildman–Crippen LogP) is 6.79. The van der Waals surface area contributed by atoms with E-state index in [2.05, 4.69) is 0 Å². The van der Waals surface area contributed by atoms with Crippen molar-refractivity contribution in [3.8, 4) is 0 Å². The lowest BCUT2D eigenvalue weighted by Gasteiger charge is -2.11. The molecule has 0 saturated carbocycles. The molecule has 0 saturated heterocycles. The van der Waals surface area contributed by atoms with Gasteiger partial charge in [-0.1, -0.05) is 76.8 Å². The van der Waals surface area contributed by atoms with Crippen LogP contribution in [0.2, 0.25) is 15.1 Å². The summed E-state index contributed by atoms with van der Waals surface area (Å²) < 4.78 is 26.6. The highest BCUT2D eigenvalue weighted by molar-refractivity contribution is 7.95. The molecule has 0 amide bonds. The molecular formula is C23H17Cl3O3S. The standard InChI is InChI=1S/C23H17Cl3O3S/c1-15-5-7-16(8-6-15)14-30(28,29)21(13-18-3-2-4-20(25)22(18)26)23(27)17-9-11-19(24)12-10-17/h2-13H,14H2,1H3/b21-13+. The van der Waals surface area contributed by atoms with Crippen LogP contribution in [0.5, 0.6) is 0 Å². The van der Waals surface area contributed by atoms with Crippen molar-refractivity contribution >= 4 is 56.5 Å². The Morgan fingerprint density at radius 3 is 2.17 bits per heavy atom. The molecule has 7 heteroatoms. The number of halogens is 3. The summed E-state index contributed by atoms with van der Waals surface area (Å²) in [6.07, 6.45) is 1.27. The molecule has 0 aliphatic heterocycles. The number of carbonyl (C=O) groups excluding carboxylic acids is 1. The second kappa shape index (κ2) is 9.36. The first kappa shape index (κ1) is 22.6. The van der Waals surface area contributed by atoms with Crippen molar-refractivity contribution < 1.29 is 13.2 Å². The van der Waals surface area contributed by atoms with Gasteiger partial charge in [-0.2, -0.15) is 0 Å². The molecule has 3 rings (SSSR count). The van der Waals surface area contributed by atoms with Gasteiger partial charge in [0.1, 0.15) is 4.91 Å². The van der Waals surface area contributed by atoms with E-state index in [1.807, 2.05) is 19.1 Å². The number of allylic oxidation sites excluding steroid dienone is 1. The summed E-state index contributed by atoms with van der Waals surface area (Å²) in [6.45, 7) is 1.91. The van der Waals surface area contributed by atoms with E-state index in [4.69, 9.17) is 34.8 Å². The Labute approximate surface area is 190 Å². The minimum atomic E-state index is -4.00. The van der Waals surface area contributed by atoms with Crippen molar-refractivity contribution in [1.29, 1.82) is 0 Å². The Kier molecular flexibility index (Phi) is 7.04. The largest absolute Gasteiger partial charge is 0.288 e. The van der Waals surface area contributed by atoms with Crippen LogP contribution in [0.4, 0.5) is 0 Å². The Balaban J connectivity index is 2.11. The number of ketones is 1. The number of hydrogen-bond donors (Lipinski definition) is 0. The fourth-order valence-electron chi connectivity index (χ4n) is 2.79. The molecule has 0 fully saturated rings. The number of hydrogen-bond acceptors (Lipinski definition) is 3. The number of rotatable bonds is 6. The van der Waals surface area contributed by atoms with Crippen LogP contribution in [-0.4, -0.2) is 14.2 Å². The molecule has 0 atom stereocenters. The summed E-state index contributed by atoms with van der Waals surface area (Å²) in [6, 6.07) is 18.0. The van der Waals surface area contributed by atoms with Crippen molar-refractivity contribution in [2.75, 3.05) is 0 Å². The highest BCUT2D eigenvalue weighted by Gasteiger charge is 2.27. The van der Waals surface area contributed by atoms with Crippen LogP contribution in [-0.2, 0) is 15.6 Å². The van der Waals surface area contributed by atoms with Gasteiger partial charge in [0.2, 0.25) is 5.78 Å². The van der Waals surface area contributed by atoms with Crippen molar-refractivity contribution in [1.82, 2.24) is 0 Å². The van der Waals surface area contributed by atoms with Gasteiger partial charge in [-0.15, -0.1) is 0 Å². The predicted molar refractivity (Wildman–Crippen MR) is 124 cm³/mol. The van der Waals surface area contributed by atoms with Crippen LogP contribution in [0.1, 0.15) is 27.0 Å². The van der Waals surface area contributed by atoms with Gasteiger partial charge in [0.05, 0.1) is 15.8 Å². The third-order valence-electron chi connectivity index (χ3n) is 4.41. The van der Waals surface area contributed by atoms with Crippen molar-refractivity contribution in [2.45, 2.75) is 12.7 Å². The Hall–Kier alpha value is -2.11. The second-order valence-electron chi connectivity index (χ2n) is 6.73. The van der Waals surface area contributed by atoms with Gasteiger partial charge in [-0.3, -0.25) is 4.79 Å². The summed E-state index contributed by atoms with van der Waals surface area (Å²) in [5, 5.41) is 0.878. The van der Waals surface area contributed by atoms with E-state index in [-0.39, 0.29) is 26.3 Å². The number of sulfone groups is 1.